The van der Waals surface area contributed by atoms with E-state index in [4.69, 9.17) is 4.98 Å². The predicted octanol–water partition coefficient (Wildman–Crippen LogP) is 3.66. The third-order valence-electron chi connectivity index (χ3n) is 5.42. The number of nitrogens with one attached hydrogen (secondary N) is 1. The number of anilines is 2. The van der Waals surface area contributed by atoms with Gasteiger partial charge in [-0.15, -0.1) is 5.10 Å². The minimum Gasteiger partial charge on any atom is -0.389 e. The van der Waals surface area contributed by atoms with E-state index < -0.39 is 6.10 Å². The Kier molecular flexibility index (Phi) is 5.24. The fourth-order valence-corrected chi connectivity index (χ4v) is 3.72. The lowest BCUT2D eigenvalue weighted by Crippen LogP contribution is -2.09. The minimum absolute atomic E-state index is 0.288. The highest BCUT2D eigenvalue weighted by molar-refractivity contribution is 5.79. The Morgan fingerprint density at radius 2 is 1.94 bits per heavy atom. The quantitative estimate of drug-likeness (QED) is 0.414. The zero-order valence-corrected chi connectivity index (χ0v) is 18.8. The van der Waals surface area contributed by atoms with Crippen molar-refractivity contribution in [1.29, 1.82) is 5.26 Å². The van der Waals surface area contributed by atoms with Gasteiger partial charge in [0, 0.05) is 16.8 Å². The van der Waals surface area contributed by atoms with Gasteiger partial charge in [0.05, 0.1) is 41.1 Å². The lowest BCUT2D eigenvalue weighted by molar-refractivity contribution is 0.198. The van der Waals surface area contributed by atoms with Crippen molar-refractivity contribution in [2.45, 2.75) is 26.9 Å². The molecule has 2 N–H and O–H groups in total. The number of aliphatic hydroxyl groups excluding tert-OH is 1. The summed E-state index contributed by atoms with van der Waals surface area (Å²) in [6.07, 6.45) is 2.85. The van der Waals surface area contributed by atoms with E-state index in [-0.39, 0.29) is 5.69 Å². The maximum atomic E-state index is 10.3. The van der Waals surface area contributed by atoms with Crippen molar-refractivity contribution in [1.82, 2.24) is 34.6 Å². The Balaban J connectivity index is 1.55. The van der Waals surface area contributed by atoms with Gasteiger partial charge in [-0.25, -0.2) is 14.2 Å². The molecule has 0 amide bonds. The largest absolute Gasteiger partial charge is 0.389 e. The average molecular weight is 451 g/mol. The summed E-state index contributed by atoms with van der Waals surface area (Å²) in [6, 6.07) is 15.0. The molecule has 5 heterocycles. The van der Waals surface area contributed by atoms with E-state index in [1.807, 2.05) is 62.5 Å². The number of aryl methyl sites for hydroxylation is 2. The van der Waals surface area contributed by atoms with Gasteiger partial charge in [0.1, 0.15) is 6.07 Å². The van der Waals surface area contributed by atoms with E-state index >= 15 is 0 Å². The number of fused-ring (bicyclic) bond motifs is 1. The highest BCUT2D eigenvalue weighted by Crippen LogP contribution is 2.29. The van der Waals surface area contributed by atoms with Crippen LogP contribution in [0.1, 0.15) is 35.7 Å². The van der Waals surface area contributed by atoms with Crippen LogP contribution in [0.2, 0.25) is 0 Å². The van der Waals surface area contributed by atoms with Crippen molar-refractivity contribution in [2.75, 3.05) is 5.32 Å². The molecule has 10 nitrogen and oxygen atoms in total. The summed E-state index contributed by atoms with van der Waals surface area (Å²) < 4.78 is 3.34. The third kappa shape index (κ3) is 3.85. The second-order valence-corrected chi connectivity index (χ2v) is 7.97. The van der Waals surface area contributed by atoms with Crippen LogP contribution in [0.3, 0.4) is 0 Å². The minimum atomic E-state index is -0.756. The van der Waals surface area contributed by atoms with Crippen LogP contribution in [0.15, 0.2) is 54.9 Å². The Bertz CT molecular complexity index is 1540. The molecule has 168 valence electrons. The molecule has 0 spiro atoms. The molecule has 0 aromatic carbocycles. The summed E-state index contributed by atoms with van der Waals surface area (Å²) in [5.74, 6) is 1.12. The summed E-state index contributed by atoms with van der Waals surface area (Å²) in [4.78, 5) is 4.81. The molecule has 5 aromatic rings. The average Bonchev–Trinajstić information content (AvgIpc) is 3.43. The zero-order chi connectivity index (χ0) is 23.8. The number of hydrogen-bond acceptors (Lipinski definition) is 8. The molecule has 0 aliphatic heterocycles. The van der Waals surface area contributed by atoms with E-state index in [1.54, 1.807) is 28.4 Å². The van der Waals surface area contributed by atoms with Gasteiger partial charge in [-0.1, -0.05) is 6.07 Å². The zero-order valence-electron chi connectivity index (χ0n) is 18.8. The van der Waals surface area contributed by atoms with Gasteiger partial charge < -0.3 is 10.4 Å². The van der Waals surface area contributed by atoms with E-state index in [9.17, 15) is 10.4 Å². The standard InChI is InChI=1S/C24H21N9O/c1-14-4-9-23(30-29-14)27-17-5-8-22-20(12-26-32(22)13-17)21-7-6-19(16(3)34)24(28-21)33-15(2)10-18(11-25)31-33/h4-10,12-13,16,34H,1-3H3,(H,27,30)/t16-/m0/s1. The molecule has 34 heavy (non-hydrogen) atoms. The highest BCUT2D eigenvalue weighted by Gasteiger charge is 2.18. The summed E-state index contributed by atoms with van der Waals surface area (Å²) in [7, 11) is 0. The van der Waals surface area contributed by atoms with Crippen molar-refractivity contribution in [3.63, 3.8) is 0 Å². The maximum absolute atomic E-state index is 10.3. The van der Waals surface area contributed by atoms with Crippen LogP contribution in [-0.4, -0.2) is 39.7 Å². The molecule has 10 heteroatoms. The number of aromatic nitrogens is 7. The molecule has 0 saturated heterocycles. The third-order valence-corrected chi connectivity index (χ3v) is 5.42. The predicted molar refractivity (Wildman–Crippen MR) is 126 cm³/mol. The SMILES string of the molecule is Cc1ccc(Nc2ccc3c(-c4ccc([C@H](C)O)c(-n5nc(C#N)cc5C)n4)cnn3c2)nn1. The number of nitrogens with zero attached hydrogens (tertiary/aromatic N) is 8. The molecule has 0 saturated carbocycles. The van der Waals surface area contributed by atoms with Crippen LogP contribution < -0.4 is 5.32 Å². The van der Waals surface area contributed by atoms with Crippen LogP contribution in [0, 0.1) is 25.2 Å². The smallest absolute Gasteiger partial charge is 0.163 e. The first-order valence-corrected chi connectivity index (χ1v) is 10.6. The van der Waals surface area contributed by atoms with Gasteiger partial charge in [-0.05, 0) is 57.2 Å². The number of hydrogen-bond donors (Lipinski definition) is 2. The van der Waals surface area contributed by atoms with Gasteiger partial charge in [-0.3, -0.25) is 0 Å². The van der Waals surface area contributed by atoms with Crippen molar-refractivity contribution >= 4 is 17.0 Å². The van der Waals surface area contributed by atoms with E-state index in [0.29, 0.717) is 22.9 Å². The van der Waals surface area contributed by atoms with Crippen molar-refractivity contribution in [3.05, 3.63) is 77.5 Å². The van der Waals surface area contributed by atoms with Crippen LogP contribution in [0.25, 0.3) is 22.6 Å². The fourth-order valence-electron chi connectivity index (χ4n) is 3.72. The molecule has 0 aliphatic rings. The second kappa shape index (κ2) is 8.38. The topological polar surface area (TPSA) is 130 Å². The Morgan fingerprint density at radius 1 is 1.09 bits per heavy atom. The lowest BCUT2D eigenvalue weighted by atomic mass is 10.1. The van der Waals surface area contributed by atoms with Gasteiger partial charge in [0.2, 0.25) is 0 Å². The molecule has 0 bridgehead atoms. The summed E-state index contributed by atoms with van der Waals surface area (Å²) in [6.45, 7) is 5.40. The molecular formula is C24H21N9O. The highest BCUT2D eigenvalue weighted by atomic mass is 16.3. The number of rotatable bonds is 5. The second-order valence-electron chi connectivity index (χ2n) is 7.97. The number of pyridine rings is 2. The number of aliphatic hydroxyl groups is 1. The molecule has 5 rings (SSSR count). The molecule has 0 fully saturated rings. The maximum Gasteiger partial charge on any atom is 0.163 e. The Hall–Kier alpha value is -4.62. The first-order valence-electron chi connectivity index (χ1n) is 10.6. The Labute approximate surface area is 195 Å². The van der Waals surface area contributed by atoms with Gasteiger partial charge in [0.15, 0.2) is 17.3 Å². The molecule has 5 aromatic heterocycles. The summed E-state index contributed by atoms with van der Waals surface area (Å²) in [5, 5.41) is 39.8. The van der Waals surface area contributed by atoms with Crippen LogP contribution in [0.5, 0.6) is 0 Å². The van der Waals surface area contributed by atoms with E-state index in [0.717, 1.165) is 28.2 Å². The van der Waals surface area contributed by atoms with Gasteiger partial charge >= 0.3 is 0 Å². The lowest BCUT2D eigenvalue weighted by Gasteiger charge is -2.14. The van der Waals surface area contributed by atoms with Crippen LogP contribution >= 0.6 is 0 Å². The Morgan fingerprint density at radius 3 is 2.65 bits per heavy atom. The monoisotopic (exact) mass is 451 g/mol. The first-order chi connectivity index (χ1) is 16.4. The van der Waals surface area contributed by atoms with Crippen LogP contribution in [-0.2, 0) is 0 Å². The first kappa shape index (κ1) is 21.2. The van der Waals surface area contributed by atoms with Gasteiger partial charge in [-0.2, -0.15) is 20.6 Å². The molecular weight excluding hydrogens is 430 g/mol. The van der Waals surface area contributed by atoms with E-state index in [2.05, 4.69) is 25.7 Å². The molecule has 0 unspecified atom stereocenters. The molecule has 1 atom stereocenters. The summed E-state index contributed by atoms with van der Waals surface area (Å²) >= 11 is 0. The van der Waals surface area contributed by atoms with E-state index in [1.165, 1.54) is 0 Å². The fraction of sp³-hybridized carbons (Fsp3) is 0.167. The normalized spacial score (nSPS) is 12.0. The van der Waals surface area contributed by atoms with Crippen molar-refractivity contribution < 1.29 is 5.11 Å². The van der Waals surface area contributed by atoms with Crippen LogP contribution in [0.4, 0.5) is 11.5 Å². The van der Waals surface area contributed by atoms with Crippen molar-refractivity contribution in [2.24, 2.45) is 0 Å². The van der Waals surface area contributed by atoms with Crippen molar-refractivity contribution in [3.8, 4) is 23.1 Å². The molecule has 0 radical (unpaired) electrons. The summed E-state index contributed by atoms with van der Waals surface area (Å²) in [5.41, 5.74) is 5.67. The molecule has 0 aliphatic carbocycles. The number of nitriles is 1. The van der Waals surface area contributed by atoms with Gasteiger partial charge in [0.25, 0.3) is 0 Å².